The first kappa shape index (κ1) is 15.9. The number of hydrogen-bond acceptors (Lipinski definition) is 4. The summed E-state index contributed by atoms with van der Waals surface area (Å²) < 4.78 is 12.9. The number of benzene rings is 2. The van der Waals surface area contributed by atoms with Gasteiger partial charge in [-0.15, -0.1) is 0 Å². The molecule has 0 fully saturated rings. The minimum Gasteiger partial charge on any atom is -0.366 e. The monoisotopic (exact) mass is 322 g/mol. The standard InChI is InChI=1S/C19H19FN4/c1-13-3-9-17(10-4-13)23-19-22-14(2)11-18(24-19)21-12-15-5-7-16(20)8-6-15/h3-11H,12H2,1-2H3,(H2,21,22,23,24). The number of nitrogens with zero attached hydrogens (tertiary/aromatic N) is 2. The number of aryl methyl sites for hydroxylation is 2. The van der Waals surface area contributed by atoms with Crippen molar-refractivity contribution < 1.29 is 4.39 Å². The molecule has 0 aliphatic rings. The molecule has 0 amide bonds. The van der Waals surface area contributed by atoms with Crippen LogP contribution in [0.25, 0.3) is 0 Å². The lowest BCUT2D eigenvalue weighted by atomic mass is 10.2. The molecular weight excluding hydrogens is 303 g/mol. The highest BCUT2D eigenvalue weighted by molar-refractivity contribution is 5.55. The molecule has 0 spiro atoms. The maximum atomic E-state index is 12.9. The van der Waals surface area contributed by atoms with E-state index < -0.39 is 0 Å². The maximum Gasteiger partial charge on any atom is 0.229 e. The predicted octanol–water partition coefficient (Wildman–Crippen LogP) is 4.59. The Labute approximate surface area is 140 Å². The summed E-state index contributed by atoms with van der Waals surface area (Å²) >= 11 is 0. The Morgan fingerprint density at radius 1 is 0.917 bits per heavy atom. The van der Waals surface area contributed by atoms with Gasteiger partial charge in [-0.1, -0.05) is 29.8 Å². The fraction of sp³-hybridized carbons (Fsp3) is 0.158. The second kappa shape index (κ2) is 7.08. The third kappa shape index (κ3) is 4.29. The molecule has 122 valence electrons. The summed E-state index contributed by atoms with van der Waals surface area (Å²) in [5.74, 6) is 1.03. The van der Waals surface area contributed by atoms with Gasteiger partial charge in [-0.3, -0.25) is 0 Å². The lowest BCUT2D eigenvalue weighted by molar-refractivity contribution is 0.627. The largest absolute Gasteiger partial charge is 0.366 e. The van der Waals surface area contributed by atoms with Crippen LogP contribution < -0.4 is 10.6 Å². The van der Waals surface area contributed by atoms with Gasteiger partial charge in [-0.2, -0.15) is 4.98 Å². The second-order valence-corrected chi connectivity index (χ2v) is 5.69. The SMILES string of the molecule is Cc1ccc(Nc2nc(C)cc(NCc3ccc(F)cc3)n2)cc1. The highest BCUT2D eigenvalue weighted by atomic mass is 19.1. The van der Waals surface area contributed by atoms with Crippen LogP contribution in [-0.4, -0.2) is 9.97 Å². The molecule has 24 heavy (non-hydrogen) atoms. The molecular formula is C19H19FN4. The molecule has 0 radical (unpaired) electrons. The zero-order valence-electron chi connectivity index (χ0n) is 13.7. The van der Waals surface area contributed by atoms with E-state index in [1.54, 1.807) is 12.1 Å². The van der Waals surface area contributed by atoms with Crippen molar-refractivity contribution in [2.75, 3.05) is 10.6 Å². The number of aromatic nitrogens is 2. The smallest absolute Gasteiger partial charge is 0.229 e. The van der Waals surface area contributed by atoms with Gasteiger partial charge in [0.25, 0.3) is 0 Å². The average Bonchev–Trinajstić information content (AvgIpc) is 2.56. The molecule has 0 aliphatic carbocycles. The molecule has 0 atom stereocenters. The van der Waals surface area contributed by atoms with Crippen LogP contribution in [0, 0.1) is 19.7 Å². The van der Waals surface area contributed by atoms with Gasteiger partial charge in [0.05, 0.1) is 0 Å². The molecule has 4 nitrogen and oxygen atoms in total. The van der Waals surface area contributed by atoms with Crippen LogP contribution in [0.3, 0.4) is 0 Å². The van der Waals surface area contributed by atoms with E-state index in [2.05, 4.69) is 20.6 Å². The second-order valence-electron chi connectivity index (χ2n) is 5.69. The number of anilines is 3. The Morgan fingerprint density at radius 2 is 1.62 bits per heavy atom. The van der Waals surface area contributed by atoms with Crippen LogP contribution in [-0.2, 0) is 6.54 Å². The fourth-order valence-electron chi connectivity index (χ4n) is 2.28. The van der Waals surface area contributed by atoms with E-state index >= 15 is 0 Å². The molecule has 1 aromatic heterocycles. The van der Waals surface area contributed by atoms with Crippen molar-refractivity contribution in [3.05, 3.63) is 77.2 Å². The molecule has 0 saturated heterocycles. The minimum atomic E-state index is -0.235. The van der Waals surface area contributed by atoms with Gasteiger partial charge in [-0.05, 0) is 43.7 Å². The van der Waals surface area contributed by atoms with E-state index in [4.69, 9.17) is 0 Å². The van der Waals surface area contributed by atoms with E-state index in [0.29, 0.717) is 12.5 Å². The van der Waals surface area contributed by atoms with Gasteiger partial charge in [0.1, 0.15) is 11.6 Å². The zero-order chi connectivity index (χ0) is 16.9. The summed E-state index contributed by atoms with van der Waals surface area (Å²) in [4.78, 5) is 8.88. The summed E-state index contributed by atoms with van der Waals surface area (Å²) in [5.41, 5.74) is 3.99. The quantitative estimate of drug-likeness (QED) is 0.721. The van der Waals surface area contributed by atoms with Gasteiger partial charge in [0.15, 0.2) is 0 Å². The Kier molecular flexibility index (Phi) is 4.70. The molecule has 5 heteroatoms. The van der Waals surface area contributed by atoms with Crippen LogP contribution >= 0.6 is 0 Å². The highest BCUT2D eigenvalue weighted by Crippen LogP contribution is 2.17. The lowest BCUT2D eigenvalue weighted by Crippen LogP contribution is -2.05. The highest BCUT2D eigenvalue weighted by Gasteiger charge is 2.03. The van der Waals surface area contributed by atoms with Crippen LogP contribution in [0.5, 0.6) is 0 Å². The molecule has 2 N–H and O–H groups in total. The minimum absolute atomic E-state index is 0.235. The van der Waals surface area contributed by atoms with Crippen molar-refractivity contribution in [3.63, 3.8) is 0 Å². The third-order valence-corrected chi connectivity index (χ3v) is 3.55. The zero-order valence-corrected chi connectivity index (χ0v) is 13.7. The Hall–Kier alpha value is -2.95. The van der Waals surface area contributed by atoms with Gasteiger partial charge in [-0.25, -0.2) is 9.37 Å². The first-order valence-corrected chi connectivity index (χ1v) is 7.76. The summed E-state index contributed by atoms with van der Waals surface area (Å²) in [6.07, 6.45) is 0. The van der Waals surface area contributed by atoms with E-state index in [9.17, 15) is 4.39 Å². The normalized spacial score (nSPS) is 10.5. The Morgan fingerprint density at radius 3 is 2.33 bits per heavy atom. The summed E-state index contributed by atoms with van der Waals surface area (Å²) in [6.45, 7) is 4.54. The molecule has 0 saturated carbocycles. The average molecular weight is 322 g/mol. The summed E-state index contributed by atoms with van der Waals surface area (Å²) in [7, 11) is 0. The van der Waals surface area contributed by atoms with Gasteiger partial charge in [0, 0.05) is 24.0 Å². The van der Waals surface area contributed by atoms with Gasteiger partial charge in [0.2, 0.25) is 5.95 Å². The lowest BCUT2D eigenvalue weighted by Gasteiger charge is -2.10. The van der Waals surface area contributed by atoms with Crippen molar-refractivity contribution in [2.24, 2.45) is 0 Å². The van der Waals surface area contributed by atoms with Crippen molar-refractivity contribution in [1.82, 2.24) is 9.97 Å². The number of halogens is 1. The van der Waals surface area contributed by atoms with Crippen LogP contribution in [0.2, 0.25) is 0 Å². The van der Waals surface area contributed by atoms with E-state index in [-0.39, 0.29) is 5.82 Å². The fourth-order valence-corrected chi connectivity index (χ4v) is 2.28. The van der Waals surface area contributed by atoms with E-state index in [1.807, 2.05) is 44.2 Å². The molecule has 0 aliphatic heterocycles. The molecule has 0 unspecified atom stereocenters. The molecule has 1 heterocycles. The summed E-state index contributed by atoms with van der Waals surface area (Å²) in [6, 6.07) is 16.3. The maximum absolute atomic E-state index is 12.9. The predicted molar refractivity (Wildman–Crippen MR) is 95.0 cm³/mol. The summed E-state index contributed by atoms with van der Waals surface area (Å²) in [5, 5.41) is 6.45. The van der Waals surface area contributed by atoms with Crippen molar-refractivity contribution in [3.8, 4) is 0 Å². The Balaban J connectivity index is 1.71. The molecule has 2 aromatic carbocycles. The van der Waals surface area contributed by atoms with Crippen LogP contribution in [0.1, 0.15) is 16.8 Å². The van der Waals surface area contributed by atoms with Crippen LogP contribution in [0.15, 0.2) is 54.6 Å². The molecule has 3 rings (SSSR count). The number of rotatable bonds is 5. The van der Waals surface area contributed by atoms with E-state index in [1.165, 1.54) is 17.7 Å². The Bertz CT molecular complexity index is 814. The van der Waals surface area contributed by atoms with E-state index in [0.717, 1.165) is 22.8 Å². The molecule has 0 bridgehead atoms. The third-order valence-electron chi connectivity index (χ3n) is 3.55. The van der Waals surface area contributed by atoms with Crippen molar-refractivity contribution in [1.29, 1.82) is 0 Å². The topological polar surface area (TPSA) is 49.8 Å². The van der Waals surface area contributed by atoms with Crippen molar-refractivity contribution >= 4 is 17.5 Å². The van der Waals surface area contributed by atoms with Gasteiger partial charge >= 0.3 is 0 Å². The number of nitrogens with one attached hydrogen (secondary N) is 2. The van der Waals surface area contributed by atoms with Gasteiger partial charge < -0.3 is 10.6 Å². The first-order valence-electron chi connectivity index (χ1n) is 7.76. The van der Waals surface area contributed by atoms with Crippen LogP contribution in [0.4, 0.5) is 21.8 Å². The number of hydrogen-bond donors (Lipinski definition) is 2. The first-order chi connectivity index (χ1) is 11.6. The van der Waals surface area contributed by atoms with Crippen molar-refractivity contribution in [2.45, 2.75) is 20.4 Å². The molecule has 3 aromatic rings.